The van der Waals surface area contributed by atoms with Gasteiger partial charge >= 0.3 is 5.97 Å². The highest BCUT2D eigenvalue weighted by Gasteiger charge is 2.34. The number of fused-ring (bicyclic) bond motifs is 1. The number of hydrogen-bond acceptors (Lipinski definition) is 2. The molecule has 0 saturated carbocycles. The largest absolute Gasteiger partial charge is 0.481 e. The lowest BCUT2D eigenvalue weighted by atomic mass is 9.96. The number of carboxylic acid groups (broad SMARTS) is 1. The Morgan fingerprint density at radius 2 is 2.25 bits per heavy atom. The fourth-order valence-electron chi connectivity index (χ4n) is 1.92. The van der Waals surface area contributed by atoms with Gasteiger partial charge in [-0.25, -0.2) is 0 Å². The molecule has 2 rings (SSSR count). The van der Waals surface area contributed by atoms with E-state index in [1.165, 1.54) is 0 Å². The molecule has 0 aromatic heterocycles. The molecular formula is C11H10BrNO3. The topological polar surface area (TPSA) is 66.4 Å². The number of benzene rings is 1. The first-order chi connectivity index (χ1) is 7.50. The first kappa shape index (κ1) is 11.1. The summed E-state index contributed by atoms with van der Waals surface area (Å²) in [5.74, 6) is -1.81. The van der Waals surface area contributed by atoms with E-state index in [-0.39, 0.29) is 12.3 Å². The van der Waals surface area contributed by atoms with Crippen LogP contribution in [0.2, 0.25) is 0 Å². The molecule has 4 nitrogen and oxygen atoms in total. The number of aryl methyl sites for hydroxylation is 1. The molecule has 1 aromatic carbocycles. The summed E-state index contributed by atoms with van der Waals surface area (Å²) in [4.78, 5) is 22.4. The van der Waals surface area contributed by atoms with Gasteiger partial charge in [0.05, 0.1) is 12.3 Å². The molecule has 0 saturated heterocycles. The van der Waals surface area contributed by atoms with Crippen molar-refractivity contribution >= 4 is 33.5 Å². The third-order valence-electron chi connectivity index (χ3n) is 2.69. The fourth-order valence-corrected chi connectivity index (χ4v) is 2.53. The van der Waals surface area contributed by atoms with Crippen molar-refractivity contribution < 1.29 is 14.7 Å². The number of nitrogens with one attached hydrogen (secondary N) is 1. The lowest BCUT2D eigenvalue weighted by Crippen LogP contribution is -2.15. The van der Waals surface area contributed by atoms with Gasteiger partial charge in [0.15, 0.2) is 0 Å². The van der Waals surface area contributed by atoms with Gasteiger partial charge in [-0.1, -0.05) is 22.0 Å². The molecule has 0 fully saturated rings. The van der Waals surface area contributed by atoms with Gasteiger partial charge in [-0.2, -0.15) is 0 Å². The Morgan fingerprint density at radius 1 is 1.56 bits per heavy atom. The summed E-state index contributed by atoms with van der Waals surface area (Å²) in [7, 11) is 0. The van der Waals surface area contributed by atoms with Crippen LogP contribution in [-0.4, -0.2) is 17.0 Å². The maximum Gasteiger partial charge on any atom is 0.304 e. The molecule has 1 atom stereocenters. The maximum absolute atomic E-state index is 11.7. The molecular weight excluding hydrogens is 274 g/mol. The van der Waals surface area contributed by atoms with Crippen LogP contribution in [-0.2, 0) is 9.59 Å². The summed E-state index contributed by atoms with van der Waals surface area (Å²) in [6.07, 6.45) is -0.180. The molecule has 0 aliphatic carbocycles. The van der Waals surface area contributed by atoms with Crippen LogP contribution in [0.5, 0.6) is 0 Å². The van der Waals surface area contributed by atoms with Crippen molar-refractivity contribution in [3.8, 4) is 0 Å². The van der Waals surface area contributed by atoms with E-state index < -0.39 is 11.9 Å². The minimum Gasteiger partial charge on any atom is -0.481 e. The Balaban J connectivity index is 2.51. The van der Waals surface area contributed by atoms with E-state index in [1.54, 1.807) is 0 Å². The van der Waals surface area contributed by atoms with Gasteiger partial charge in [0, 0.05) is 15.7 Å². The van der Waals surface area contributed by atoms with Crippen molar-refractivity contribution in [2.24, 2.45) is 0 Å². The summed E-state index contributed by atoms with van der Waals surface area (Å²) in [5, 5.41) is 11.5. The monoisotopic (exact) mass is 283 g/mol. The second-order valence-electron chi connectivity index (χ2n) is 3.79. The van der Waals surface area contributed by atoms with Crippen LogP contribution in [0.3, 0.4) is 0 Å². The summed E-state index contributed by atoms with van der Waals surface area (Å²) >= 11 is 3.35. The fraction of sp³-hybridized carbons (Fsp3) is 0.273. The molecule has 1 aliphatic rings. The smallest absolute Gasteiger partial charge is 0.304 e. The molecule has 1 aliphatic heterocycles. The van der Waals surface area contributed by atoms with Gasteiger partial charge in [-0.05, 0) is 18.6 Å². The maximum atomic E-state index is 11.7. The molecule has 1 heterocycles. The molecule has 16 heavy (non-hydrogen) atoms. The molecule has 84 valence electrons. The molecule has 2 N–H and O–H groups in total. The van der Waals surface area contributed by atoms with Crippen LogP contribution >= 0.6 is 15.9 Å². The van der Waals surface area contributed by atoms with Crippen LogP contribution in [0.4, 0.5) is 5.69 Å². The van der Waals surface area contributed by atoms with Crippen molar-refractivity contribution in [2.45, 2.75) is 19.3 Å². The van der Waals surface area contributed by atoms with E-state index in [0.29, 0.717) is 0 Å². The molecule has 1 aromatic rings. The zero-order valence-electron chi connectivity index (χ0n) is 8.58. The number of carboxylic acids is 1. The summed E-state index contributed by atoms with van der Waals surface area (Å²) in [6, 6.07) is 3.72. The number of anilines is 1. The average molecular weight is 284 g/mol. The van der Waals surface area contributed by atoms with Crippen LogP contribution < -0.4 is 5.32 Å². The highest BCUT2D eigenvalue weighted by atomic mass is 79.9. The van der Waals surface area contributed by atoms with Gasteiger partial charge < -0.3 is 10.4 Å². The Labute approximate surface area is 101 Å². The quantitative estimate of drug-likeness (QED) is 0.875. The van der Waals surface area contributed by atoms with Crippen LogP contribution in [0.15, 0.2) is 16.6 Å². The number of carbonyl (C=O) groups is 2. The van der Waals surface area contributed by atoms with Crippen molar-refractivity contribution in [3.63, 3.8) is 0 Å². The second-order valence-corrected chi connectivity index (χ2v) is 4.65. The number of aliphatic carboxylic acids is 1. The van der Waals surface area contributed by atoms with E-state index in [1.807, 2.05) is 19.1 Å². The molecule has 1 unspecified atom stereocenters. The zero-order valence-corrected chi connectivity index (χ0v) is 10.2. The first-order valence-corrected chi connectivity index (χ1v) is 5.61. The second kappa shape index (κ2) is 3.90. The van der Waals surface area contributed by atoms with Gasteiger partial charge in [0.2, 0.25) is 5.91 Å². The van der Waals surface area contributed by atoms with Crippen molar-refractivity contribution in [1.29, 1.82) is 0 Å². The van der Waals surface area contributed by atoms with Gasteiger partial charge in [0.1, 0.15) is 0 Å². The van der Waals surface area contributed by atoms with Crippen LogP contribution in [0.1, 0.15) is 23.5 Å². The third-order valence-corrected chi connectivity index (χ3v) is 3.38. The van der Waals surface area contributed by atoms with Crippen LogP contribution in [0, 0.1) is 6.92 Å². The minimum absolute atomic E-state index is 0.180. The number of amides is 1. The van der Waals surface area contributed by atoms with E-state index in [2.05, 4.69) is 21.2 Å². The number of hydrogen-bond donors (Lipinski definition) is 2. The van der Waals surface area contributed by atoms with E-state index in [9.17, 15) is 9.59 Å². The van der Waals surface area contributed by atoms with E-state index in [0.717, 1.165) is 21.3 Å². The Kier molecular flexibility index (Phi) is 2.71. The number of carbonyl (C=O) groups excluding carboxylic acids is 1. The van der Waals surface area contributed by atoms with E-state index in [4.69, 9.17) is 5.11 Å². The highest BCUT2D eigenvalue weighted by Crippen LogP contribution is 2.41. The molecule has 0 spiro atoms. The van der Waals surface area contributed by atoms with Crippen LogP contribution in [0.25, 0.3) is 0 Å². The summed E-state index contributed by atoms with van der Waals surface area (Å²) < 4.78 is 0.776. The standard InChI is InChI=1S/C11H10BrNO3/c1-5-2-3-7(12)9-6(4-8(14)15)11(16)13-10(5)9/h2-3,6H,4H2,1H3,(H,13,16)(H,14,15). The highest BCUT2D eigenvalue weighted by molar-refractivity contribution is 9.10. The average Bonchev–Trinajstić information content (AvgIpc) is 2.51. The zero-order chi connectivity index (χ0) is 11.9. The molecule has 0 radical (unpaired) electrons. The van der Waals surface area contributed by atoms with Gasteiger partial charge in [0.25, 0.3) is 0 Å². The van der Waals surface area contributed by atoms with Gasteiger partial charge in [-0.15, -0.1) is 0 Å². The first-order valence-electron chi connectivity index (χ1n) is 4.82. The van der Waals surface area contributed by atoms with Crippen molar-refractivity contribution in [3.05, 3.63) is 27.7 Å². The predicted molar refractivity (Wildman–Crippen MR) is 62.5 cm³/mol. The Bertz CT molecular complexity index is 484. The third kappa shape index (κ3) is 1.71. The molecule has 1 amide bonds. The molecule has 0 bridgehead atoms. The number of halogens is 1. The lowest BCUT2D eigenvalue weighted by Gasteiger charge is -2.08. The number of rotatable bonds is 2. The normalized spacial score (nSPS) is 18.1. The summed E-state index contributed by atoms with van der Waals surface area (Å²) in [6.45, 7) is 1.88. The molecule has 5 heteroatoms. The van der Waals surface area contributed by atoms with Gasteiger partial charge in [-0.3, -0.25) is 9.59 Å². The van der Waals surface area contributed by atoms with Crippen molar-refractivity contribution in [2.75, 3.05) is 5.32 Å². The lowest BCUT2D eigenvalue weighted by molar-refractivity contribution is -0.138. The summed E-state index contributed by atoms with van der Waals surface area (Å²) in [5.41, 5.74) is 2.44. The SMILES string of the molecule is Cc1ccc(Br)c2c1NC(=O)C2CC(=O)O. The van der Waals surface area contributed by atoms with E-state index >= 15 is 0 Å². The minimum atomic E-state index is -0.971. The Hall–Kier alpha value is -1.36. The van der Waals surface area contributed by atoms with Crippen molar-refractivity contribution in [1.82, 2.24) is 0 Å². The predicted octanol–water partition coefficient (Wildman–Crippen LogP) is 2.27. The Morgan fingerprint density at radius 3 is 2.88 bits per heavy atom.